The number of rotatable bonds is 4. The van der Waals surface area contributed by atoms with E-state index in [2.05, 4.69) is 10.4 Å². The largest absolute Gasteiger partial charge is 0.452 e. The molecule has 2 heterocycles. The molecule has 2 amide bonds. The Bertz CT molecular complexity index is 1160. The summed E-state index contributed by atoms with van der Waals surface area (Å²) in [5.74, 6) is -1.41. The molecule has 1 N–H and O–H groups in total. The summed E-state index contributed by atoms with van der Waals surface area (Å²) in [6, 6.07) is 15.7. The third kappa shape index (κ3) is 3.68. The Morgan fingerprint density at radius 1 is 1.06 bits per heavy atom. The van der Waals surface area contributed by atoms with Gasteiger partial charge in [0.25, 0.3) is 5.91 Å². The lowest BCUT2D eigenvalue weighted by atomic mass is 9.96. The minimum atomic E-state index is -1.12. The maximum Gasteiger partial charge on any atom is 0.338 e. The van der Waals surface area contributed by atoms with E-state index in [0.717, 1.165) is 11.4 Å². The summed E-state index contributed by atoms with van der Waals surface area (Å²) in [6.07, 6.45) is 1.70. The van der Waals surface area contributed by atoms with Crippen molar-refractivity contribution in [2.75, 3.05) is 16.8 Å². The zero-order chi connectivity index (χ0) is 22.2. The molecule has 8 heteroatoms. The third-order valence-electron chi connectivity index (χ3n) is 5.26. The molecule has 0 radical (unpaired) electrons. The molecule has 31 heavy (non-hydrogen) atoms. The highest BCUT2D eigenvalue weighted by Gasteiger charge is 2.43. The van der Waals surface area contributed by atoms with Crippen LogP contribution in [-0.4, -0.2) is 39.7 Å². The maximum atomic E-state index is 13.0. The number of hydrogen-bond acceptors (Lipinski definition) is 5. The van der Waals surface area contributed by atoms with Crippen LogP contribution >= 0.6 is 0 Å². The van der Waals surface area contributed by atoms with Gasteiger partial charge in [-0.3, -0.25) is 14.5 Å². The SMILES string of the molecule is Cc1ccnn1-c1ccc(C(=O)OCC(=O)N2c3ccccc3NC(=O)C2(C)C)cc1. The van der Waals surface area contributed by atoms with Gasteiger partial charge in [0.2, 0.25) is 5.91 Å². The number of benzene rings is 2. The van der Waals surface area contributed by atoms with Gasteiger partial charge >= 0.3 is 5.97 Å². The number of carbonyl (C=O) groups excluding carboxylic acids is 3. The van der Waals surface area contributed by atoms with Gasteiger partial charge in [-0.25, -0.2) is 9.48 Å². The summed E-state index contributed by atoms with van der Waals surface area (Å²) < 4.78 is 7.01. The van der Waals surface area contributed by atoms with Crippen molar-refractivity contribution in [1.29, 1.82) is 0 Å². The summed E-state index contributed by atoms with van der Waals surface area (Å²) in [4.78, 5) is 39.3. The molecule has 0 saturated carbocycles. The van der Waals surface area contributed by atoms with E-state index in [1.54, 1.807) is 73.3 Å². The van der Waals surface area contributed by atoms with E-state index < -0.39 is 24.0 Å². The van der Waals surface area contributed by atoms with Crippen LogP contribution in [0.25, 0.3) is 5.69 Å². The Morgan fingerprint density at radius 2 is 1.77 bits per heavy atom. The Labute approximate surface area is 179 Å². The Kier molecular flexibility index (Phi) is 5.06. The van der Waals surface area contributed by atoms with Gasteiger partial charge in [-0.05, 0) is 63.2 Å². The number of esters is 1. The van der Waals surface area contributed by atoms with E-state index in [4.69, 9.17) is 4.74 Å². The van der Waals surface area contributed by atoms with Crippen LogP contribution in [0.3, 0.4) is 0 Å². The zero-order valence-corrected chi connectivity index (χ0v) is 17.5. The van der Waals surface area contributed by atoms with Gasteiger partial charge in [0.15, 0.2) is 6.61 Å². The van der Waals surface area contributed by atoms with Gasteiger partial charge in [0.05, 0.1) is 22.6 Å². The van der Waals surface area contributed by atoms with E-state index in [9.17, 15) is 14.4 Å². The molecule has 0 fully saturated rings. The standard InChI is InChI=1S/C23H22N4O4/c1-15-12-13-24-27(15)17-10-8-16(9-11-17)21(29)31-14-20(28)26-19-7-5-4-6-18(19)25-22(30)23(26,2)3/h4-13H,14H2,1-3H3,(H,25,30). The smallest absolute Gasteiger partial charge is 0.338 e. The van der Waals surface area contributed by atoms with Gasteiger partial charge < -0.3 is 10.1 Å². The van der Waals surface area contributed by atoms with Crippen molar-refractivity contribution in [2.45, 2.75) is 26.3 Å². The third-order valence-corrected chi connectivity index (χ3v) is 5.26. The Morgan fingerprint density at radius 3 is 2.45 bits per heavy atom. The van der Waals surface area contributed by atoms with Crippen molar-refractivity contribution < 1.29 is 19.1 Å². The highest BCUT2D eigenvalue weighted by atomic mass is 16.5. The molecular formula is C23H22N4O4. The summed E-state index contributed by atoms with van der Waals surface area (Å²) in [5, 5.41) is 7.03. The summed E-state index contributed by atoms with van der Waals surface area (Å²) in [6.45, 7) is 4.74. The molecule has 0 saturated heterocycles. The van der Waals surface area contributed by atoms with Gasteiger partial charge in [0, 0.05) is 11.9 Å². The summed E-state index contributed by atoms with van der Waals surface area (Å²) in [5.41, 5.74) is 2.07. The van der Waals surface area contributed by atoms with Crippen LogP contribution in [0, 0.1) is 6.92 Å². The number of fused-ring (bicyclic) bond motifs is 1. The fraction of sp³-hybridized carbons (Fsp3) is 0.217. The molecule has 1 aromatic heterocycles. The predicted octanol–water partition coefficient (Wildman–Crippen LogP) is 3.10. The van der Waals surface area contributed by atoms with Crippen molar-refractivity contribution in [3.8, 4) is 5.69 Å². The fourth-order valence-electron chi connectivity index (χ4n) is 3.55. The Hall–Kier alpha value is -3.94. The minimum Gasteiger partial charge on any atom is -0.452 e. The summed E-state index contributed by atoms with van der Waals surface area (Å²) >= 11 is 0. The molecule has 0 bridgehead atoms. The van der Waals surface area contributed by atoms with Crippen molar-refractivity contribution in [2.24, 2.45) is 0 Å². The molecule has 158 valence electrons. The van der Waals surface area contributed by atoms with Crippen molar-refractivity contribution in [3.05, 3.63) is 72.1 Å². The average molecular weight is 418 g/mol. The number of amides is 2. The number of ether oxygens (including phenoxy) is 1. The lowest BCUT2D eigenvalue weighted by Gasteiger charge is -2.41. The molecule has 8 nitrogen and oxygen atoms in total. The Balaban J connectivity index is 1.48. The molecule has 0 aliphatic carbocycles. The first kappa shape index (κ1) is 20.3. The first-order chi connectivity index (χ1) is 14.8. The zero-order valence-electron chi connectivity index (χ0n) is 17.5. The average Bonchev–Trinajstić information content (AvgIpc) is 3.18. The molecule has 4 rings (SSSR count). The second kappa shape index (κ2) is 7.71. The van der Waals surface area contributed by atoms with Crippen LogP contribution in [0.5, 0.6) is 0 Å². The monoisotopic (exact) mass is 418 g/mol. The molecule has 0 atom stereocenters. The van der Waals surface area contributed by atoms with Crippen molar-refractivity contribution in [3.63, 3.8) is 0 Å². The number of anilines is 2. The van der Waals surface area contributed by atoms with Gasteiger partial charge in [-0.2, -0.15) is 5.10 Å². The second-order valence-corrected chi connectivity index (χ2v) is 7.77. The highest BCUT2D eigenvalue weighted by Crippen LogP contribution is 2.36. The normalized spacial score (nSPS) is 14.5. The number of nitrogens with one attached hydrogen (secondary N) is 1. The van der Waals surface area contributed by atoms with Gasteiger partial charge in [-0.1, -0.05) is 12.1 Å². The van der Waals surface area contributed by atoms with E-state index in [-0.39, 0.29) is 5.91 Å². The highest BCUT2D eigenvalue weighted by molar-refractivity contribution is 6.14. The molecule has 1 aliphatic heterocycles. The number of hydrogen-bond donors (Lipinski definition) is 1. The summed E-state index contributed by atoms with van der Waals surface area (Å²) in [7, 11) is 0. The van der Waals surface area contributed by atoms with E-state index in [1.807, 2.05) is 13.0 Å². The molecule has 1 aliphatic rings. The molecule has 2 aromatic carbocycles. The molecular weight excluding hydrogens is 396 g/mol. The first-order valence-electron chi connectivity index (χ1n) is 9.81. The number of aryl methyl sites for hydroxylation is 1. The van der Waals surface area contributed by atoms with Crippen molar-refractivity contribution in [1.82, 2.24) is 9.78 Å². The lowest BCUT2D eigenvalue weighted by Crippen LogP contribution is -2.59. The van der Waals surface area contributed by atoms with E-state index in [0.29, 0.717) is 16.9 Å². The second-order valence-electron chi connectivity index (χ2n) is 7.77. The van der Waals surface area contributed by atoms with E-state index in [1.165, 1.54) is 4.90 Å². The minimum absolute atomic E-state index is 0.310. The number of nitrogens with zero attached hydrogens (tertiary/aromatic N) is 3. The van der Waals surface area contributed by atoms with Crippen LogP contribution < -0.4 is 10.2 Å². The van der Waals surface area contributed by atoms with Gasteiger partial charge in [0.1, 0.15) is 5.54 Å². The molecule has 3 aromatic rings. The first-order valence-corrected chi connectivity index (χ1v) is 9.81. The van der Waals surface area contributed by atoms with Crippen LogP contribution in [0.2, 0.25) is 0 Å². The van der Waals surface area contributed by atoms with Crippen LogP contribution in [-0.2, 0) is 14.3 Å². The fourth-order valence-corrected chi connectivity index (χ4v) is 3.55. The van der Waals surface area contributed by atoms with E-state index >= 15 is 0 Å². The van der Waals surface area contributed by atoms with Crippen LogP contribution in [0.15, 0.2) is 60.8 Å². The molecule has 0 spiro atoms. The topological polar surface area (TPSA) is 93.5 Å². The maximum absolute atomic E-state index is 13.0. The van der Waals surface area contributed by atoms with Gasteiger partial charge in [-0.15, -0.1) is 0 Å². The number of aromatic nitrogens is 2. The predicted molar refractivity (Wildman–Crippen MR) is 115 cm³/mol. The molecule has 0 unspecified atom stereocenters. The van der Waals surface area contributed by atoms with Crippen LogP contribution in [0.1, 0.15) is 29.9 Å². The number of para-hydroxylation sites is 2. The quantitative estimate of drug-likeness (QED) is 0.657. The van der Waals surface area contributed by atoms with Crippen molar-refractivity contribution >= 4 is 29.2 Å². The lowest BCUT2D eigenvalue weighted by molar-refractivity contribution is -0.128. The van der Waals surface area contributed by atoms with Crippen LogP contribution in [0.4, 0.5) is 11.4 Å². The number of carbonyl (C=O) groups is 3.